The van der Waals surface area contributed by atoms with Crippen LogP contribution in [0.1, 0.15) is 64.1 Å². The molecule has 0 aliphatic carbocycles. The van der Waals surface area contributed by atoms with E-state index in [0.717, 1.165) is 19.5 Å². The highest BCUT2D eigenvalue weighted by molar-refractivity contribution is 7.92. The molecule has 6 nitrogen and oxygen atoms in total. The fraction of sp³-hybridized carbons (Fsp3) is 0.625. The van der Waals surface area contributed by atoms with Crippen LogP contribution in [-0.2, 0) is 22.5 Å². The summed E-state index contributed by atoms with van der Waals surface area (Å²) in [4.78, 5) is 2.62. The second-order valence-corrected chi connectivity index (χ2v) is 11.4. The molecule has 178 valence electrons. The van der Waals surface area contributed by atoms with E-state index >= 15 is 0 Å². The lowest BCUT2D eigenvalue weighted by Crippen LogP contribution is -2.47. The zero-order chi connectivity index (χ0) is 23.5. The Morgan fingerprint density at radius 2 is 2.03 bits per heavy atom. The molecule has 0 amide bonds. The molecule has 32 heavy (non-hydrogen) atoms. The number of sulfonamides is 1. The van der Waals surface area contributed by atoms with Crippen LogP contribution in [0, 0.1) is 12.8 Å². The number of hydrogen-bond donors (Lipinski definition) is 1. The predicted molar refractivity (Wildman–Crippen MR) is 132 cm³/mol. The van der Waals surface area contributed by atoms with E-state index in [2.05, 4.69) is 41.6 Å². The van der Waals surface area contributed by atoms with E-state index in [4.69, 9.17) is 11.6 Å². The van der Waals surface area contributed by atoms with Crippen molar-refractivity contribution < 1.29 is 8.42 Å². The van der Waals surface area contributed by atoms with Crippen LogP contribution in [0.3, 0.4) is 0 Å². The Kier molecular flexibility index (Phi) is 7.94. The van der Waals surface area contributed by atoms with Gasteiger partial charge in [-0.25, -0.2) is 8.42 Å². The predicted octanol–water partition coefficient (Wildman–Crippen LogP) is 5.36. The molecule has 1 aliphatic rings. The number of hydrogen-bond acceptors (Lipinski definition) is 4. The molecule has 1 aromatic heterocycles. The van der Waals surface area contributed by atoms with Gasteiger partial charge in [0.15, 0.2) is 0 Å². The van der Waals surface area contributed by atoms with Gasteiger partial charge in [-0.1, -0.05) is 63.8 Å². The molecule has 0 unspecified atom stereocenters. The van der Waals surface area contributed by atoms with Crippen molar-refractivity contribution in [3.63, 3.8) is 0 Å². The van der Waals surface area contributed by atoms with Gasteiger partial charge in [0.1, 0.15) is 10.0 Å². The molecule has 8 heteroatoms. The van der Waals surface area contributed by atoms with Crippen LogP contribution >= 0.6 is 11.6 Å². The lowest BCUT2D eigenvalue weighted by molar-refractivity contribution is 0.109. The van der Waals surface area contributed by atoms with Crippen molar-refractivity contribution >= 4 is 27.3 Å². The Balaban J connectivity index is 1.74. The van der Waals surface area contributed by atoms with E-state index in [1.54, 1.807) is 20.0 Å². The Bertz CT molecular complexity index is 1040. The fourth-order valence-corrected chi connectivity index (χ4v) is 6.57. The maximum atomic E-state index is 13.0. The highest BCUT2D eigenvalue weighted by Crippen LogP contribution is 2.40. The number of likely N-dealkylation sites (tertiary alicyclic amines) is 1. The Labute approximate surface area is 198 Å². The molecular formula is C24H37ClN4O2S. The highest BCUT2D eigenvalue weighted by atomic mass is 35.5. The average molecular weight is 481 g/mol. The van der Waals surface area contributed by atoms with Gasteiger partial charge in [-0.3, -0.25) is 9.40 Å². The number of rotatable bonds is 9. The molecule has 0 saturated carbocycles. The second kappa shape index (κ2) is 10.1. The number of unbranched alkanes of at least 4 members (excludes halogenated alkanes) is 3. The quantitative estimate of drug-likeness (QED) is 0.490. The van der Waals surface area contributed by atoms with Gasteiger partial charge in [-0.15, -0.1) is 0 Å². The van der Waals surface area contributed by atoms with E-state index in [1.165, 1.54) is 42.5 Å². The lowest BCUT2D eigenvalue weighted by atomic mass is 9.68. The molecule has 0 spiro atoms. The van der Waals surface area contributed by atoms with Crippen molar-refractivity contribution in [2.45, 2.75) is 70.1 Å². The van der Waals surface area contributed by atoms with Crippen LogP contribution in [0.2, 0.25) is 5.15 Å². The maximum Gasteiger partial charge on any atom is 0.266 e. The third-order valence-electron chi connectivity index (χ3n) is 7.04. The number of aryl methyl sites for hydroxylation is 2. The Hall–Kier alpha value is -1.57. The van der Waals surface area contributed by atoms with Crippen molar-refractivity contribution in [3.05, 3.63) is 40.7 Å². The smallest absolute Gasteiger partial charge is 0.266 e. The first-order valence-corrected chi connectivity index (χ1v) is 13.5. The van der Waals surface area contributed by atoms with Gasteiger partial charge in [0.05, 0.1) is 5.69 Å². The topological polar surface area (TPSA) is 67.2 Å². The Morgan fingerprint density at radius 1 is 1.28 bits per heavy atom. The summed E-state index contributed by atoms with van der Waals surface area (Å²) in [5.41, 5.74) is 2.11. The molecule has 0 bridgehead atoms. The summed E-state index contributed by atoms with van der Waals surface area (Å²) in [6.45, 7) is 11.8. The van der Waals surface area contributed by atoms with E-state index in [-0.39, 0.29) is 15.5 Å². The van der Waals surface area contributed by atoms with Gasteiger partial charge in [-0.05, 0) is 61.9 Å². The molecule has 1 aliphatic heterocycles. The Morgan fingerprint density at radius 3 is 2.66 bits per heavy atom. The first kappa shape index (κ1) is 25.1. The van der Waals surface area contributed by atoms with Gasteiger partial charge in [0.2, 0.25) is 0 Å². The summed E-state index contributed by atoms with van der Waals surface area (Å²) < 4.78 is 30.1. The molecule has 1 N–H and O–H groups in total. The average Bonchev–Trinajstić information content (AvgIpc) is 3.00. The molecule has 2 heterocycles. The van der Waals surface area contributed by atoms with E-state index in [0.29, 0.717) is 17.3 Å². The summed E-state index contributed by atoms with van der Waals surface area (Å²) in [5.74, 6) is 0.476. The number of piperidine rings is 1. The molecule has 3 rings (SSSR count). The van der Waals surface area contributed by atoms with E-state index in [1.807, 2.05) is 12.1 Å². The molecule has 0 radical (unpaired) electrons. The van der Waals surface area contributed by atoms with Crippen molar-refractivity contribution in [1.82, 2.24) is 14.7 Å². The molecule has 1 aromatic carbocycles. The minimum Gasteiger partial charge on any atom is -0.303 e. The minimum atomic E-state index is -3.83. The number of halogens is 1. The van der Waals surface area contributed by atoms with Gasteiger partial charge < -0.3 is 4.90 Å². The molecule has 1 saturated heterocycles. The van der Waals surface area contributed by atoms with Gasteiger partial charge >= 0.3 is 0 Å². The number of nitrogens with one attached hydrogen (secondary N) is 1. The minimum absolute atomic E-state index is 0.00321. The summed E-state index contributed by atoms with van der Waals surface area (Å²) >= 11 is 6.20. The molecular weight excluding hydrogens is 444 g/mol. The van der Waals surface area contributed by atoms with E-state index in [9.17, 15) is 8.42 Å². The number of nitrogens with zero attached hydrogens (tertiary/aromatic N) is 3. The van der Waals surface area contributed by atoms with E-state index < -0.39 is 10.0 Å². The van der Waals surface area contributed by atoms with Gasteiger partial charge in [-0.2, -0.15) is 5.10 Å². The largest absolute Gasteiger partial charge is 0.303 e. The second-order valence-electron chi connectivity index (χ2n) is 9.45. The van der Waals surface area contributed by atoms with Crippen molar-refractivity contribution in [1.29, 1.82) is 0 Å². The molecule has 2 atom stereocenters. The van der Waals surface area contributed by atoms with Crippen LogP contribution in [0.5, 0.6) is 0 Å². The monoisotopic (exact) mass is 480 g/mol. The van der Waals surface area contributed by atoms with Crippen molar-refractivity contribution in [3.8, 4) is 0 Å². The number of anilines is 1. The molecule has 1 fully saturated rings. The summed E-state index contributed by atoms with van der Waals surface area (Å²) in [6, 6.07) is 7.82. The first-order valence-electron chi connectivity index (χ1n) is 11.6. The third kappa shape index (κ3) is 5.32. The highest BCUT2D eigenvalue weighted by Gasteiger charge is 2.38. The van der Waals surface area contributed by atoms with Crippen molar-refractivity contribution in [2.75, 3.05) is 24.4 Å². The standard InChI is InChI=1S/C24H37ClN4O2S/c1-6-7-8-9-14-29-15-13-24(4,18(2)17-29)20-11-10-12-21(16-20)27-32(30,31)22-19(3)26-28(5)23(22)25/h10-12,16,18,27H,6-9,13-15,17H2,1-5H3/t18-,24-/m0/s1. The van der Waals surface area contributed by atoms with Gasteiger partial charge in [0, 0.05) is 19.3 Å². The summed E-state index contributed by atoms with van der Waals surface area (Å²) in [7, 11) is -2.20. The fourth-order valence-electron chi connectivity index (χ4n) is 4.77. The molecule has 2 aromatic rings. The summed E-state index contributed by atoms with van der Waals surface area (Å²) in [5, 5.41) is 4.24. The SMILES string of the molecule is CCCCCCN1CC[C@](C)(c2cccc(NS(=O)(=O)c3c(C)nn(C)c3Cl)c2)[C@@H](C)C1. The zero-order valence-corrected chi connectivity index (χ0v) is 21.6. The first-order chi connectivity index (χ1) is 15.1. The van der Waals surface area contributed by atoms with Gasteiger partial charge in [0.25, 0.3) is 10.0 Å². The lowest BCUT2D eigenvalue weighted by Gasteiger charge is -2.45. The number of benzene rings is 1. The van der Waals surface area contributed by atoms with Crippen LogP contribution in [0.15, 0.2) is 29.2 Å². The van der Waals surface area contributed by atoms with Crippen LogP contribution in [0.4, 0.5) is 5.69 Å². The maximum absolute atomic E-state index is 13.0. The number of aromatic nitrogens is 2. The van der Waals surface area contributed by atoms with Crippen LogP contribution < -0.4 is 4.72 Å². The normalized spacial score (nSPS) is 22.2. The zero-order valence-electron chi connectivity index (χ0n) is 20.0. The van der Waals surface area contributed by atoms with Crippen LogP contribution in [-0.4, -0.2) is 42.7 Å². The van der Waals surface area contributed by atoms with Crippen LogP contribution in [0.25, 0.3) is 0 Å². The third-order valence-corrected chi connectivity index (χ3v) is 9.11. The summed E-state index contributed by atoms with van der Waals surface area (Å²) in [6.07, 6.45) is 6.21. The van der Waals surface area contributed by atoms with Crippen molar-refractivity contribution in [2.24, 2.45) is 13.0 Å².